The van der Waals surface area contributed by atoms with Gasteiger partial charge in [-0.2, -0.15) is 0 Å². The predicted molar refractivity (Wildman–Crippen MR) is 76.3 cm³/mol. The second-order valence-corrected chi connectivity index (χ2v) is 5.80. The molecule has 1 fully saturated rings. The van der Waals surface area contributed by atoms with E-state index in [-0.39, 0.29) is 12.0 Å². The lowest BCUT2D eigenvalue weighted by Gasteiger charge is -2.29. The Balaban J connectivity index is 1.71. The van der Waals surface area contributed by atoms with E-state index in [1.807, 2.05) is 0 Å². The van der Waals surface area contributed by atoms with Gasteiger partial charge in [-0.3, -0.25) is 9.78 Å². The number of hydrogen-bond acceptors (Lipinski definition) is 4. The molecule has 0 aromatic carbocycles. The fourth-order valence-electron chi connectivity index (χ4n) is 2.50. The highest BCUT2D eigenvalue weighted by Gasteiger charge is 2.23. The smallest absolute Gasteiger partial charge is 0.232 e. The van der Waals surface area contributed by atoms with E-state index in [0.29, 0.717) is 24.3 Å². The van der Waals surface area contributed by atoms with Crippen molar-refractivity contribution in [2.24, 2.45) is 5.92 Å². The summed E-state index contributed by atoms with van der Waals surface area (Å²) in [5.74, 6) is 1.16. The average Bonchev–Trinajstić information content (AvgIpc) is 2.41. The Hall–Kier alpha value is -1.65. The number of nitrogens with zero attached hydrogens (tertiary/aromatic N) is 2. The number of hydrogen-bond donors (Lipinski definition) is 1. The number of carbonyl (C=O) groups excluding carboxylic acids is 1. The Labute approximate surface area is 120 Å². The molecule has 5 heteroatoms. The second-order valence-electron chi connectivity index (χ2n) is 5.80. The lowest BCUT2D eigenvalue weighted by Crippen LogP contribution is -2.40. The van der Waals surface area contributed by atoms with E-state index in [1.165, 1.54) is 0 Å². The molecule has 0 atom stereocenters. The number of nitrogens with one attached hydrogen (secondary N) is 1. The second kappa shape index (κ2) is 7.22. The minimum atomic E-state index is 0.165. The van der Waals surface area contributed by atoms with Crippen LogP contribution in [0.15, 0.2) is 18.6 Å². The van der Waals surface area contributed by atoms with Crippen molar-refractivity contribution >= 4 is 5.91 Å². The van der Waals surface area contributed by atoms with Gasteiger partial charge in [-0.25, -0.2) is 4.98 Å². The summed E-state index contributed by atoms with van der Waals surface area (Å²) in [6.07, 6.45) is 9.52. The first-order chi connectivity index (χ1) is 9.63. The van der Waals surface area contributed by atoms with Gasteiger partial charge < -0.3 is 10.1 Å². The summed E-state index contributed by atoms with van der Waals surface area (Å²) >= 11 is 0. The molecule has 1 aliphatic rings. The van der Waals surface area contributed by atoms with Crippen molar-refractivity contribution < 1.29 is 9.53 Å². The predicted octanol–water partition coefficient (Wildman–Crippen LogP) is 2.33. The molecule has 1 heterocycles. The molecular weight excluding hydrogens is 254 g/mol. The van der Waals surface area contributed by atoms with Crippen LogP contribution in [0.25, 0.3) is 0 Å². The van der Waals surface area contributed by atoms with Gasteiger partial charge in [-0.05, 0) is 31.6 Å². The lowest BCUT2D eigenvalue weighted by molar-refractivity contribution is -0.122. The van der Waals surface area contributed by atoms with Crippen LogP contribution in [-0.2, 0) is 4.79 Å². The number of carbonyl (C=O) groups is 1. The zero-order chi connectivity index (χ0) is 14.4. The molecule has 0 unspecified atom stereocenters. The molecule has 20 heavy (non-hydrogen) atoms. The zero-order valence-electron chi connectivity index (χ0n) is 12.2. The maximum absolute atomic E-state index is 11.7. The van der Waals surface area contributed by atoms with Crippen LogP contribution in [0, 0.1) is 5.92 Å². The van der Waals surface area contributed by atoms with Crippen molar-refractivity contribution in [1.29, 1.82) is 0 Å². The molecule has 0 bridgehead atoms. The van der Waals surface area contributed by atoms with E-state index in [2.05, 4.69) is 29.1 Å². The van der Waals surface area contributed by atoms with Crippen molar-refractivity contribution in [2.75, 3.05) is 0 Å². The lowest BCUT2D eigenvalue weighted by atomic mass is 9.92. The summed E-state index contributed by atoms with van der Waals surface area (Å²) in [5.41, 5.74) is 0. The van der Waals surface area contributed by atoms with Crippen LogP contribution < -0.4 is 10.1 Å². The Morgan fingerprint density at radius 2 is 2.10 bits per heavy atom. The van der Waals surface area contributed by atoms with Crippen LogP contribution >= 0.6 is 0 Å². The number of rotatable bonds is 5. The van der Waals surface area contributed by atoms with Crippen molar-refractivity contribution in [3.05, 3.63) is 18.6 Å². The monoisotopic (exact) mass is 277 g/mol. The van der Waals surface area contributed by atoms with E-state index < -0.39 is 0 Å². The first kappa shape index (κ1) is 14.8. The van der Waals surface area contributed by atoms with Gasteiger partial charge in [0.25, 0.3) is 0 Å². The van der Waals surface area contributed by atoms with E-state index in [0.717, 1.165) is 25.7 Å². The van der Waals surface area contributed by atoms with Gasteiger partial charge in [0.05, 0.1) is 6.20 Å². The molecule has 1 aliphatic carbocycles. The summed E-state index contributed by atoms with van der Waals surface area (Å²) in [7, 11) is 0. The summed E-state index contributed by atoms with van der Waals surface area (Å²) in [6, 6.07) is 0.294. The molecule has 2 rings (SSSR count). The normalized spacial score (nSPS) is 22.6. The standard InChI is InChI=1S/C15H23N3O2/c1-11(2)9-14(19)18-12-3-5-13(6-4-12)20-15-10-16-7-8-17-15/h7-8,10-13H,3-6,9H2,1-2H3,(H,18,19). The van der Waals surface area contributed by atoms with E-state index in [1.54, 1.807) is 18.6 Å². The van der Waals surface area contributed by atoms with Crippen LogP contribution in [0.1, 0.15) is 46.0 Å². The van der Waals surface area contributed by atoms with E-state index in [4.69, 9.17) is 4.74 Å². The average molecular weight is 277 g/mol. The fraction of sp³-hybridized carbons (Fsp3) is 0.667. The molecule has 1 saturated carbocycles. The highest BCUT2D eigenvalue weighted by molar-refractivity contribution is 5.76. The molecule has 0 spiro atoms. The van der Waals surface area contributed by atoms with Gasteiger partial charge in [0, 0.05) is 24.9 Å². The van der Waals surface area contributed by atoms with Crippen molar-refractivity contribution in [3.63, 3.8) is 0 Å². The highest BCUT2D eigenvalue weighted by atomic mass is 16.5. The highest BCUT2D eigenvalue weighted by Crippen LogP contribution is 2.22. The quantitative estimate of drug-likeness (QED) is 0.897. The Morgan fingerprint density at radius 1 is 1.35 bits per heavy atom. The maximum Gasteiger partial charge on any atom is 0.232 e. The minimum absolute atomic E-state index is 0.165. The fourth-order valence-corrected chi connectivity index (χ4v) is 2.50. The maximum atomic E-state index is 11.7. The van der Waals surface area contributed by atoms with Crippen LogP contribution in [0.3, 0.4) is 0 Å². The first-order valence-corrected chi connectivity index (χ1v) is 7.35. The molecule has 1 aromatic rings. The molecule has 1 amide bonds. The van der Waals surface area contributed by atoms with Crippen LogP contribution in [0.2, 0.25) is 0 Å². The van der Waals surface area contributed by atoms with Gasteiger partial charge in [-0.15, -0.1) is 0 Å². The first-order valence-electron chi connectivity index (χ1n) is 7.35. The van der Waals surface area contributed by atoms with Gasteiger partial charge in [0.15, 0.2) is 0 Å². The van der Waals surface area contributed by atoms with Crippen LogP contribution in [0.4, 0.5) is 0 Å². The topological polar surface area (TPSA) is 64.1 Å². The van der Waals surface area contributed by atoms with Gasteiger partial charge in [0.1, 0.15) is 6.10 Å². The summed E-state index contributed by atoms with van der Waals surface area (Å²) in [6.45, 7) is 4.12. The molecule has 110 valence electrons. The number of aromatic nitrogens is 2. The van der Waals surface area contributed by atoms with Crippen LogP contribution in [-0.4, -0.2) is 28.0 Å². The molecule has 5 nitrogen and oxygen atoms in total. The van der Waals surface area contributed by atoms with E-state index in [9.17, 15) is 4.79 Å². The van der Waals surface area contributed by atoms with Crippen molar-refractivity contribution in [1.82, 2.24) is 15.3 Å². The molecule has 0 aliphatic heterocycles. The van der Waals surface area contributed by atoms with Gasteiger partial charge >= 0.3 is 0 Å². The zero-order valence-corrected chi connectivity index (χ0v) is 12.2. The molecule has 0 saturated heterocycles. The molecule has 1 aromatic heterocycles. The van der Waals surface area contributed by atoms with Gasteiger partial charge in [-0.1, -0.05) is 13.8 Å². The summed E-state index contributed by atoms with van der Waals surface area (Å²) in [4.78, 5) is 19.8. The van der Waals surface area contributed by atoms with Crippen LogP contribution in [0.5, 0.6) is 5.88 Å². The molecular formula is C15H23N3O2. The third kappa shape index (κ3) is 4.79. The van der Waals surface area contributed by atoms with Gasteiger partial charge in [0.2, 0.25) is 11.8 Å². The molecule has 1 N–H and O–H groups in total. The van der Waals surface area contributed by atoms with Crippen molar-refractivity contribution in [3.8, 4) is 5.88 Å². The summed E-state index contributed by atoms with van der Waals surface area (Å²) in [5, 5.41) is 3.11. The molecule has 0 radical (unpaired) electrons. The van der Waals surface area contributed by atoms with Crippen molar-refractivity contribution in [2.45, 2.75) is 58.1 Å². The minimum Gasteiger partial charge on any atom is -0.473 e. The third-order valence-electron chi connectivity index (χ3n) is 3.46. The Kier molecular flexibility index (Phi) is 5.32. The Bertz CT molecular complexity index is 414. The number of amides is 1. The summed E-state index contributed by atoms with van der Waals surface area (Å²) < 4.78 is 5.79. The Morgan fingerprint density at radius 3 is 2.70 bits per heavy atom. The number of ether oxygens (including phenoxy) is 1. The SMILES string of the molecule is CC(C)CC(=O)NC1CCC(Oc2cnccn2)CC1. The van der Waals surface area contributed by atoms with E-state index >= 15 is 0 Å². The largest absolute Gasteiger partial charge is 0.473 e. The third-order valence-corrected chi connectivity index (χ3v) is 3.46.